The fourth-order valence-electron chi connectivity index (χ4n) is 2.40. The van der Waals surface area contributed by atoms with Crippen LogP contribution in [0, 0.1) is 35.3 Å². The lowest BCUT2D eigenvalue weighted by Gasteiger charge is -2.14. The number of esters is 1. The van der Waals surface area contributed by atoms with E-state index in [1.807, 2.05) is 6.07 Å². The highest BCUT2D eigenvalue weighted by Crippen LogP contribution is 2.30. The van der Waals surface area contributed by atoms with Gasteiger partial charge in [0.05, 0.1) is 16.6 Å². The number of nitro benzene ring substituents is 1. The van der Waals surface area contributed by atoms with E-state index >= 15 is 0 Å². The third kappa shape index (κ3) is 5.52. The van der Waals surface area contributed by atoms with Gasteiger partial charge in [0.1, 0.15) is 11.4 Å². The first-order valence-corrected chi connectivity index (χ1v) is 8.60. The van der Waals surface area contributed by atoms with Crippen molar-refractivity contribution < 1.29 is 24.0 Å². The quantitative estimate of drug-likeness (QED) is 0.431. The molecule has 1 amide bonds. The zero-order valence-electron chi connectivity index (χ0n) is 16.1. The van der Waals surface area contributed by atoms with E-state index in [1.165, 1.54) is 37.3 Å². The molecule has 0 saturated heterocycles. The number of hydrogen-bond acceptors (Lipinski definition) is 7. The first-order valence-electron chi connectivity index (χ1n) is 8.60. The number of anilines is 1. The molecular formula is C20H19N3O6. The lowest BCUT2D eigenvalue weighted by Crippen LogP contribution is -2.30. The Bertz CT molecular complexity index is 979. The second-order valence-corrected chi connectivity index (χ2v) is 6.21. The van der Waals surface area contributed by atoms with Gasteiger partial charge in [0.2, 0.25) is 0 Å². The van der Waals surface area contributed by atoms with Crippen LogP contribution in [-0.2, 0) is 14.3 Å². The van der Waals surface area contributed by atoms with Crippen LogP contribution in [-0.4, -0.2) is 29.5 Å². The second kappa shape index (κ2) is 9.32. The van der Waals surface area contributed by atoms with Crippen molar-refractivity contribution in [2.45, 2.75) is 26.9 Å². The SMILES string of the molecule is Cc1ccc([N+](=O)[O-])c(NC(=O)COC(=O)[C@H](C)Oc2ccc(C#N)cc2)c1C. The predicted molar refractivity (Wildman–Crippen MR) is 103 cm³/mol. The number of nitrogens with zero attached hydrogens (tertiary/aromatic N) is 2. The van der Waals surface area contributed by atoms with Crippen molar-refractivity contribution in [1.82, 2.24) is 0 Å². The molecule has 1 atom stereocenters. The topological polar surface area (TPSA) is 132 Å². The van der Waals surface area contributed by atoms with Gasteiger partial charge in [-0.3, -0.25) is 14.9 Å². The van der Waals surface area contributed by atoms with Gasteiger partial charge in [-0.05, 0) is 56.2 Å². The maximum atomic E-state index is 12.1. The maximum absolute atomic E-state index is 12.1. The minimum absolute atomic E-state index is 0.0675. The Morgan fingerprint density at radius 1 is 1.21 bits per heavy atom. The number of ether oxygens (including phenoxy) is 2. The third-order valence-electron chi connectivity index (χ3n) is 4.15. The second-order valence-electron chi connectivity index (χ2n) is 6.21. The number of benzene rings is 2. The van der Waals surface area contributed by atoms with Gasteiger partial charge >= 0.3 is 5.97 Å². The molecule has 2 aromatic rings. The van der Waals surface area contributed by atoms with Crippen LogP contribution in [0.1, 0.15) is 23.6 Å². The Hall–Kier alpha value is -3.93. The Labute approximate surface area is 167 Å². The number of carbonyl (C=O) groups excluding carboxylic acids is 2. The van der Waals surface area contributed by atoms with E-state index in [9.17, 15) is 19.7 Å². The highest BCUT2D eigenvalue weighted by molar-refractivity contribution is 5.96. The fourth-order valence-corrected chi connectivity index (χ4v) is 2.40. The molecule has 0 aliphatic rings. The number of nitrogens with one attached hydrogen (secondary N) is 1. The van der Waals surface area contributed by atoms with Crippen molar-refractivity contribution in [3.05, 3.63) is 63.2 Å². The lowest BCUT2D eigenvalue weighted by atomic mass is 10.1. The summed E-state index contributed by atoms with van der Waals surface area (Å²) in [4.78, 5) is 34.7. The summed E-state index contributed by atoms with van der Waals surface area (Å²) in [7, 11) is 0. The van der Waals surface area contributed by atoms with E-state index in [0.29, 0.717) is 16.9 Å². The largest absolute Gasteiger partial charge is 0.479 e. The molecule has 9 heteroatoms. The Morgan fingerprint density at radius 3 is 2.45 bits per heavy atom. The van der Waals surface area contributed by atoms with Crippen LogP contribution in [0.2, 0.25) is 0 Å². The van der Waals surface area contributed by atoms with Crippen LogP contribution in [0.4, 0.5) is 11.4 Å². The van der Waals surface area contributed by atoms with Gasteiger partial charge in [-0.1, -0.05) is 6.07 Å². The van der Waals surface area contributed by atoms with E-state index in [2.05, 4.69) is 5.32 Å². The average molecular weight is 397 g/mol. The summed E-state index contributed by atoms with van der Waals surface area (Å²) in [5.41, 5.74) is 1.59. The van der Waals surface area contributed by atoms with E-state index in [4.69, 9.17) is 14.7 Å². The summed E-state index contributed by atoms with van der Waals surface area (Å²) in [6.45, 7) is 4.24. The zero-order valence-corrected chi connectivity index (χ0v) is 16.1. The fraction of sp³-hybridized carbons (Fsp3) is 0.250. The average Bonchev–Trinajstić information content (AvgIpc) is 2.70. The van der Waals surface area contributed by atoms with Crippen LogP contribution in [0.15, 0.2) is 36.4 Å². The summed E-state index contributed by atoms with van der Waals surface area (Å²) in [6.07, 6.45) is -0.995. The lowest BCUT2D eigenvalue weighted by molar-refractivity contribution is -0.384. The van der Waals surface area contributed by atoms with Gasteiger partial charge in [-0.15, -0.1) is 0 Å². The number of amides is 1. The first kappa shape index (κ1) is 21.4. The number of nitriles is 1. The Balaban J connectivity index is 1.95. The monoisotopic (exact) mass is 397 g/mol. The van der Waals surface area contributed by atoms with Crippen LogP contribution in [0.3, 0.4) is 0 Å². The molecule has 0 heterocycles. The van der Waals surface area contributed by atoms with Gasteiger partial charge in [-0.25, -0.2) is 4.79 Å². The van der Waals surface area contributed by atoms with Crippen LogP contribution < -0.4 is 10.1 Å². The van der Waals surface area contributed by atoms with Crippen molar-refractivity contribution in [2.24, 2.45) is 0 Å². The maximum Gasteiger partial charge on any atom is 0.347 e. The molecule has 0 saturated carbocycles. The van der Waals surface area contributed by atoms with E-state index < -0.39 is 29.5 Å². The molecule has 150 valence electrons. The van der Waals surface area contributed by atoms with Crippen LogP contribution in [0.5, 0.6) is 5.75 Å². The molecule has 0 fully saturated rings. The van der Waals surface area contributed by atoms with E-state index in [0.717, 1.165) is 5.56 Å². The van der Waals surface area contributed by atoms with Crippen molar-refractivity contribution >= 4 is 23.3 Å². The van der Waals surface area contributed by atoms with Gasteiger partial charge in [0.15, 0.2) is 12.7 Å². The minimum atomic E-state index is -0.995. The highest BCUT2D eigenvalue weighted by atomic mass is 16.6. The number of rotatable bonds is 7. The molecule has 9 nitrogen and oxygen atoms in total. The number of nitro groups is 1. The molecule has 0 radical (unpaired) electrons. The third-order valence-corrected chi connectivity index (χ3v) is 4.15. The number of carbonyl (C=O) groups is 2. The minimum Gasteiger partial charge on any atom is -0.479 e. The van der Waals surface area contributed by atoms with Crippen LogP contribution in [0.25, 0.3) is 0 Å². The van der Waals surface area contributed by atoms with Crippen molar-refractivity contribution in [2.75, 3.05) is 11.9 Å². The summed E-state index contributed by atoms with van der Waals surface area (Å²) in [6, 6.07) is 11.0. The van der Waals surface area contributed by atoms with E-state index in [-0.39, 0.29) is 11.4 Å². The van der Waals surface area contributed by atoms with Crippen molar-refractivity contribution in [1.29, 1.82) is 5.26 Å². The highest BCUT2D eigenvalue weighted by Gasteiger charge is 2.21. The van der Waals surface area contributed by atoms with Gasteiger partial charge in [-0.2, -0.15) is 5.26 Å². The molecule has 29 heavy (non-hydrogen) atoms. The smallest absolute Gasteiger partial charge is 0.347 e. The van der Waals surface area contributed by atoms with E-state index in [1.54, 1.807) is 19.9 Å². The summed E-state index contributed by atoms with van der Waals surface area (Å²) in [5, 5.41) is 22.4. The van der Waals surface area contributed by atoms with Gasteiger partial charge in [0.25, 0.3) is 11.6 Å². The normalized spacial score (nSPS) is 11.1. The molecule has 2 rings (SSSR count). The zero-order chi connectivity index (χ0) is 21.6. The Kier molecular flexibility index (Phi) is 6.87. The van der Waals surface area contributed by atoms with Crippen molar-refractivity contribution in [3.63, 3.8) is 0 Å². The molecule has 0 spiro atoms. The summed E-state index contributed by atoms with van der Waals surface area (Å²) < 4.78 is 10.3. The van der Waals surface area contributed by atoms with Gasteiger partial charge in [0, 0.05) is 6.07 Å². The molecule has 0 aliphatic heterocycles. The molecule has 1 N–H and O–H groups in total. The molecule has 0 aromatic heterocycles. The molecule has 0 unspecified atom stereocenters. The van der Waals surface area contributed by atoms with Crippen molar-refractivity contribution in [3.8, 4) is 11.8 Å². The summed E-state index contributed by atoms with van der Waals surface area (Å²) in [5.74, 6) is -1.12. The first-order chi connectivity index (χ1) is 13.7. The number of hydrogen-bond donors (Lipinski definition) is 1. The standard InChI is InChI=1S/C20H19N3O6/c1-12-4-9-17(23(26)27)19(13(12)2)22-18(24)11-28-20(25)14(3)29-16-7-5-15(10-21)6-8-16/h4-9,14H,11H2,1-3H3,(H,22,24)/t14-/m0/s1. The predicted octanol–water partition coefficient (Wildman–Crippen LogP) is 3.03. The Morgan fingerprint density at radius 2 is 1.86 bits per heavy atom. The number of aryl methyl sites for hydroxylation is 1. The van der Waals surface area contributed by atoms with Gasteiger partial charge < -0.3 is 14.8 Å². The molecule has 0 bridgehead atoms. The molecular weight excluding hydrogens is 378 g/mol. The van der Waals surface area contributed by atoms with Crippen LogP contribution >= 0.6 is 0 Å². The summed E-state index contributed by atoms with van der Waals surface area (Å²) >= 11 is 0. The molecule has 2 aromatic carbocycles. The molecule has 0 aliphatic carbocycles.